The second kappa shape index (κ2) is 7.52. The van der Waals surface area contributed by atoms with Crippen molar-refractivity contribution in [2.75, 3.05) is 5.32 Å². The first kappa shape index (κ1) is 15.2. The van der Waals surface area contributed by atoms with Crippen molar-refractivity contribution >= 4 is 23.2 Å². The second-order valence-electron chi connectivity index (χ2n) is 4.97. The van der Waals surface area contributed by atoms with Crippen LogP contribution in [0.25, 0.3) is 0 Å². The van der Waals surface area contributed by atoms with E-state index in [1.807, 2.05) is 0 Å². The molecule has 1 saturated carbocycles. The van der Waals surface area contributed by atoms with Crippen LogP contribution in [0, 0.1) is 5.82 Å². The van der Waals surface area contributed by atoms with Gasteiger partial charge in [0.15, 0.2) is 0 Å². The van der Waals surface area contributed by atoms with Crippen LogP contribution in [0.3, 0.4) is 0 Å². The Labute approximate surface area is 122 Å². The summed E-state index contributed by atoms with van der Waals surface area (Å²) in [6.45, 7) is 0. The standard InChI is InChI=1S/C15H18FN3O2/c16-12-9-5-6-10-13(12)17-14(20)15(21)19-18-11-7-3-1-2-4-8-11/h5-6,9-10H,1-4,7-8H2,(H,17,20)(H,19,21). The molecule has 0 aliphatic heterocycles. The molecule has 1 fully saturated rings. The first-order valence-corrected chi connectivity index (χ1v) is 7.08. The number of nitrogens with zero attached hydrogens (tertiary/aromatic N) is 1. The van der Waals surface area contributed by atoms with E-state index in [0.717, 1.165) is 31.4 Å². The zero-order valence-corrected chi connectivity index (χ0v) is 11.7. The number of hydrogen-bond acceptors (Lipinski definition) is 3. The lowest BCUT2D eigenvalue weighted by Gasteiger charge is -2.06. The van der Waals surface area contributed by atoms with Crippen LogP contribution >= 0.6 is 0 Å². The van der Waals surface area contributed by atoms with Crippen molar-refractivity contribution in [2.45, 2.75) is 38.5 Å². The van der Waals surface area contributed by atoms with Gasteiger partial charge in [0.1, 0.15) is 5.82 Å². The maximum absolute atomic E-state index is 13.4. The van der Waals surface area contributed by atoms with Gasteiger partial charge in [0.2, 0.25) is 0 Å². The molecule has 0 saturated heterocycles. The fourth-order valence-electron chi connectivity index (χ4n) is 2.17. The van der Waals surface area contributed by atoms with Crippen LogP contribution in [-0.4, -0.2) is 17.5 Å². The molecule has 0 spiro atoms. The van der Waals surface area contributed by atoms with Gasteiger partial charge in [-0.2, -0.15) is 5.10 Å². The number of anilines is 1. The van der Waals surface area contributed by atoms with Crippen molar-refractivity contribution in [3.05, 3.63) is 30.1 Å². The fraction of sp³-hybridized carbons (Fsp3) is 0.400. The molecule has 1 aliphatic carbocycles. The van der Waals surface area contributed by atoms with Gasteiger partial charge in [0.25, 0.3) is 0 Å². The predicted octanol–water partition coefficient (Wildman–Crippen LogP) is 2.59. The number of carbonyl (C=O) groups is 2. The average Bonchev–Trinajstić information content (AvgIpc) is 2.75. The molecule has 0 radical (unpaired) electrons. The minimum absolute atomic E-state index is 0.0280. The van der Waals surface area contributed by atoms with Crippen LogP contribution in [0.1, 0.15) is 38.5 Å². The Bertz CT molecular complexity index is 548. The molecule has 2 N–H and O–H groups in total. The highest BCUT2D eigenvalue weighted by Crippen LogP contribution is 2.14. The van der Waals surface area contributed by atoms with Gasteiger partial charge in [0, 0.05) is 5.71 Å². The molecule has 2 amide bonds. The summed E-state index contributed by atoms with van der Waals surface area (Å²) in [5.41, 5.74) is 3.11. The van der Waals surface area contributed by atoms with E-state index in [9.17, 15) is 14.0 Å². The Morgan fingerprint density at radius 3 is 2.33 bits per heavy atom. The third-order valence-corrected chi connectivity index (χ3v) is 3.32. The average molecular weight is 291 g/mol. The highest BCUT2D eigenvalue weighted by molar-refractivity contribution is 6.39. The van der Waals surface area contributed by atoms with E-state index in [2.05, 4.69) is 15.8 Å². The van der Waals surface area contributed by atoms with Crippen LogP contribution in [0.2, 0.25) is 0 Å². The van der Waals surface area contributed by atoms with Gasteiger partial charge >= 0.3 is 11.8 Å². The number of carbonyl (C=O) groups excluding carboxylic acids is 2. The van der Waals surface area contributed by atoms with Crippen molar-refractivity contribution in [1.82, 2.24) is 5.43 Å². The molecular weight excluding hydrogens is 273 g/mol. The largest absolute Gasteiger partial charge is 0.329 e. The highest BCUT2D eigenvalue weighted by Gasteiger charge is 2.15. The number of halogens is 1. The number of nitrogens with one attached hydrogen (secondary N) is 2. The van der Waals surface area contributed by atoms with E-state index < -0.39 is 17.6 Å². The molecule has 1 aliphatic rings. The summed E-state index contributed by atoms with van der Waals surface area (Å²) < 4.78 is 13.4. The monoisotopic (exact) mass is 291 g/mol. The maximum Gasteiger partial charge on any atom is 0.329 e. The third-order valence-electron chi connectivity index (χ3n) is 3.32. The van der Waals surface area contributed by atoms with Crippen molar-refractivity contribution in [3.8, 4) is 0 Å². The van der Waals surface area contributed by atoms with Gasteiger partial charge in [-0.1, -0.05) is 25.0 Å². The van der Waals surface area contributed by atoms with E-state index in [0.29, 0.717) is 0 Å². The first-order valence-electron chi connectivity index (χ1n) is 7.08. The Morgan fingerprint density at radius 1 is 1.00 bits per heavy atom. The lowest BCUT2D eigenvalue weighted by molar-refractivity contribution is -0.136. The number of amides is 2. The Hall–Kier alpha value is -2.24. The molecule has 5 nitrogen and oxygen atoms in total. The van der Waals surface area contributed by atoms with Gasteiger partial charge < -0.3 is 5.32 Å². The van der Waals surface area contributed by atoms with Gasteiger partial charge in [-0.3, -0.25) is 9.59 Å². The second-order valence-corrected chi connectivity index (χ2v) is 4.97. The number of benzene rings is 1. The molecule has 6 heteroatoms. The van der Waals surface area contributed by atoms with Crippen molar-refractivity contribution in [1.29, 1.82) is 0 Å². The van der Waals surface area contributed by atoms with E-state index in [4.69, 9.17) is 0 Å². The molecule has 2 rings (SSSR count). The molecule has 1 aromatic carbocycles. The lowest BCUT2D eigenvalue weighted by atomic mass is 10.2. The molecule has 0 aromatic heterocycles. The Balaban J connectivity index is 1.89. The van der Waals surface area contributed by atoms with Gasteiger partial charge in [-0.15, -0.1) is 0 Å². The zero-order chi connectivity index (χ0) is 15.1. The number of hydrazone groups is 1. The van der Waals surface area contributed by atoms with Crippen LogP contribution in [0.15, 0.2) is 29.4 Å². The highest BCUT2D eigenvalue weighted by atomic mass is 19.1. The Morgan fingerprint density at radius 2 is 1.67 bits per heavy atom. The molecule has 1 aromatic rings. The topological polar surface area (TPSA) is 70.6 Å². The quantitative estimate of drug-likeness (QED) is 0.499. The molecular formula is C15H18FN3O2. The van der Waals surface area contributed by atoms with Crippen LogP contribution in [-0.2, 0) is 9.59 Å². The van der Waals surface area contributed by atoms with E-state index in [1.54, 1.807) is 6.07 Å². The summed E-state index contributed by atoms with van der Waals surface area (Å²) >= 11 is 0. The molecule has 0 bridgehead atoms. The normalized spacial score (nSPS) is 15.0. The molecule has 0 heterocycles. The molecule has 112 valence electrons. The summed E-state index contributed by atoms with van der Waals surface area (Å²) in [5.74, 6) is -2.41. The summed E-state index contributed by atoms with van der Waals surface area (Å²) in [7, 11) is 0. The number of hydrogen-bond donors (Lipinski definition) is 2. The zero-order valence-electron chi connectivity index (χ0n) is 11.7. The Kier molecular flexibility index (Phi) is 5.43. The summed E-state index contributed by atoms with van der Waals surface area (Å²) in [5, 5.41) is 6.21. The third kappa shape index (κ3) is 4.66. The maximum atomic E-state index is 13.4. The van der Waals surface area contributed by atoms with Crippen molar-refractivity contribution < 1.29 is 14.0 Å². The van der Waals surface area contributed by atoms with E-state index >= 15 is 0 Å². The predicted molar refractivity (Wildman–Crippen MR) is 78.3 cm³/mol. The van der Waals surface area contributed by atoms with Crippen LogP contribution in [0.5, 0.6) is 0 Å². The molecule has 21 heavy (non-hydrogen) atoms. The van der Waals surface area contributed by atoms with Crippen molar-refractivity contribution in [3.63, 3.8) is 0 Å². The summed E-state index contributed by atoms with van der Waals surface area (Å²) in [6, 6.07) is 5.67. The van der Waals surface area contributed by atoms with Gasteiger partial charge in [0.05, 0.1) is 5.69 Å². The SMILES string of the molecule is O=C(NN=C1CCCCCC1)C(=O)Nc1ccccc1F. The molecule has 0 unspecified atom stereocenters. The van der Waals surface area contributed by atoms with Crippen LogP contribution < -0.4 is 10.7 Å². The smallest absolute Gasteiger partial charge is 0.315 e. The molecule has 0 atom stereocenters. The van der Waals surface area contributed by atoms with Crippen molar-refractivity contribution in [2.24, 2.45) is 5.10 Å². The lowest BCUT2D eigenvalue weighted by Crippen LogP contribution is -2.33. The summed E-state index contributed by atoms with van der Waals surface area (Å²) in [4.78, 5) is 23.3. The number of rotatable bonds is 2. The van der Waals surface area contributed by atoms with Gasteiger partial charge in [-0.05, 0) is 37.8 Å². The minimum atomic E-state index is -0.932. The number of para-hydroxylation sites is 1. The minimum Gasteiger partial charge on any atom is -0.315 e. The first-order chi connectivity index (χ1) is 10.2. The van der Waals surface area contributed by atoms with E-state index in [-0.39, 0.29) is 5.69 Å². The fourth-order valence-corrected chi connectivity index (χ4v) is 2.17. The van der Waals surface area contributed by atoms with Crippen LogP contribution in [0.4, 0.5) is 10.1 Å². The van der Waals surface area contributed by atoms with Gasteiger partial charge in [-0.25, -0.2) is 9.82 Å². The summed E-state index contributed by atoms with van der Waals surface area (Å²) in [6.07, 6.45) is 6.12. The van der Waals surface area contributed by atoms with E-state index in [1.165, 1.54) is 31.0 Å².